The summed E-state index contributed by atoms with van der Waals surface area (Å²) in [5.74, 6) is -1.85. The monoisotopic (exact) mass is 456 g/mol. The summed E-state index contributed by atoms with van der Waals surface area (Å²) in [7, 11) is 0. The molecule has 7 heteroatoms. The zero-order chi connectivity index (χ0) is 24.4. The lowest BCUT2D eigenvalue weighted by Crippen LogP contribution is -2.31. The number of amides is 3. The number of nitrogens with one attached hydrogen (secondary N) is 1. The van der Waals surface area contributed by atoms with Crippen molar-refractivity contribution in [2.75, 3.05) is 5.32 Å². The summed E-state index contributed by atoms with van der Waals surface area (Å²) in [5.41, 5.74) is 4.06. The zero-order valence-electron chi connectivity index (χ0n) is 19.1. The summed E-state index contributed by atoms with van der Waals surface area (Å²) >= 11 is 0. The summed E-state index contributed by atoms with van der Waals surface area (Å²) < 4.78 is 5.37. The minimum atomic E-state index is -1.02. The van der Waals surface area contributed by atoms with Gasteiger partial charge in [-0.3, -0.25) is 19.3 Å². The highest BCUT2D eigenvalue weighted by Crippen LogP contribution is 2.25. The van der Waals surface area contributed by atoms with Crippen LogP contribution in [-0.2, 0) is 16.1 Å². The number of para-hydroxylation sites is 1. The number of aryl methyl sites for hydroxylation is 2. The molecule has 0 bridgehead atoms. The maximum atomic E-state index is 12.7. The molecule has 0 saturated heterocycles. The van der Waals surface area contributed by atoms with Gasteiger partial charge >= 0.3 is 5.97 Å². The molecule has 0 saturated carbocycles. The molecule has 34 heavy (non-hydrogen) atoms. The molecule has 1 heterocycles. The Hall–Kier alpha value is -4.26. The summed E-state index contributed by atoms with van der Waals surface area (Å²) in [6.07, 6.45) is -1.02. The number of imide groups is 1. The molecule has 0 radical (unpaired) electrons. The second-order valence-corrected chi connectivity index (χ2v) is 8.25. The highest BCUT2D eigenvalue weighted by Gasteiger charge is 2.35. The van der Waals surface area contributed by atoms with Gasteiger partial charge < -0.3 is 10.1 Å². The van der Waals surface area contributed by atoms with Crippen LogP contribution in [0.1, 0.15) is 54.7 Å². The smallest absolute Gasteiger partial charge is 0.338 e. The molecule has 0 aliphatic carbocycles. The summed E-state index contributed by atoms with van der Waals surface area (Å²) in [5, 5.41) is 2.82. The van der Waals surface area contributed by atoms with Crippen molar-refractivity contribution in [3.05, 3.63) is 100 Å². The lowest BCUT2D eigenvalue weighted by atomic mass is 10.1. The molecule has 4 rings (SSSR count). The van der Waals surface area contributed by atoms with Gasteiger partial charge in [0.25, 0.3) is 17.7 Å². The van der Waals surface area contributed by atoms with E-state index >= 15 is 0 Å². The largest absolute Gasteiger partial charge is 0.449 e. The predicted octanol–water partition coefficient (Wildman–Crippen LogP) is 4.28. The molecule has 172 valence electrons. The molecule has 3 amide bonds. The fraction of sp³-hybridized carbons (Fsp3) is 0.185. The average molecular weight is 456 g/mol. The van der Waals surface area contributed by atoms with Crippen LogP contribution in [-0.4, -0.2) is 34.7 Å². The van der Waals surface area contributed by atoms with Crippen molar-refractivity contribution in [1.82, 2.24) is 4.90 Å². The third-order valence-electron chi connectivity index (χ3n) is 5.76. The van der Waals surface area contributed by atoms with Gasteiger partial charge in [-0.15, -0.1) is 0 Å². The standard InChI is InChI=1S/C27H24N2O5/c1-16-8-6-9-17(2)23(16)28-24(30)18(3)34-27(33)20-11-7-10-19(14-20)15-29-25(31)21-12-4-5-13-22(21)26(29)32/h4-14,18H,15H2,1-3H3,(H,28,30). The van der Waals surface area contributed by atoms with Crippen LogP contribution in [0, 0.1) is 13.8 Å². The lowest BCUT2D eigenvalue weighted by molar-refractivity contribution is -0.123. The number of benzene rings is 3. The molecule has 1 aliphatic heterocycles. The topological polar surface area (TPSA) is 92.8 Å². The highest BCUT2D eigenvalue weighted by atomic mass is 16.5. The van der Waals surface area contributed by atoms with Gasteiger partial charge in [0.1, 0.15) is 0 Å². The lowest BCUT2D eigenvalue weighted by Gasteiger charge is -2.17. The summed E-state index contributed by atoms with van der Waals surface area (Å²) in [6, 6.07) is 18.8. The minimum Gasteiger partial charge on any atom is -0.449 e. The molecular weight excluding hydrogens is 432 g/mol. The van der Waals surface area contributed by atoms with E-state index < -0.39 is 18.0 Å². The molecule has 7 nitrogen and oxygen atoms in total. The van der Waals surface area contributed by atoms with Gasteiger partial charge in [0.2, 0.25) is 0 Å². The maximum absolute atomic E-state index is 12.7. The number of nitrogens with zero attached hydrogens (tertiary/aromatic N) is 1. The number of hydrogen-bond donors (Lipinski definition) is 1. The maximum Gasteiger partial charge on any atom is 0.338 e. The van der Waals surface area contributed by atoms with E-state index in [1.807, 2.05) is 32.0 Å². The quantitative estimate of drug-likeness (QED) is 0.441. The van der Waals surface area contributed by atoms with Crippen molar-refractivity contribution in [2.24, 2.45) is 0 Å². The summed E-state index contributed by atoms with van der Waals surface area (Å²) in [4.78, 5) is 51.7. The Morgan fingerprint density at radius 1 is 0.882 bits per heavy atom. The Morgan fingerprint density at radius 2 is 1.47 bits per heavy atom. The number of rotatable bonds is 6. The molecule has 3 aromatic rings. The van der Waals surface area contributed by atoms with Gasteiger partial charge in [-0.05, 0) is 61.7 Å². The Kier molecular flexibility index (Phi) is 6.27. The first-order valence-electron chi connectivity index (χ1n) is 10.9. The Morgan fingerprint density at radius 3 is 2.09 bits per heavy atom. The first-order chi connectivity index (χ1) is 16.3. The second kappa shape index (κ2) is 9.31. The number of carbonyl (C=O) groups excluding carboxylic acids is 4. The second-order valence-electron chi connectivity index (χ2n) is 8.25. The van der Waals surface area contributed by atoms with Crippen LogP contribution >= 0.6 is 0 Å². The average Bonchev–Trinajstić information content (AvgIpc) is 3.06. The van der Waals surface area contributed by atoms with E-state index in [0.717, 1.165) is 16.0 Å². The molecule has 0 spiro atoms. The van der Waals surface area contributed by atoms with Crippen molar-refractivity contribution in [1.29, 1.82) is 0 Å². The fourth-order valence-corrected chi connectivity index (χ4v) is 3.88. The van der Waals surface area contributed by atoms with Crippen LogP contribution in [0.15, 0.2) is 66.7 Å². The highest BCUT2D eigenvalue weighted by molar-refractivity contribution is 6.21. The number of anilines is 1. The third kappa shape index (κ3) is 4.45. The van der Waals surface area contributed by atoms with Crippen LogP contribution in [0.3, 0.4) is 0 Å². The van der Waals surface area contributed by atoms with Crippen molar-refractivity contribution in [2.45, 2.75) is 33.4 Å². The zero-order valence-corrected chi connectivity index (χ0v) is 19.1. The van der Waals surface area contributed by atoms with Crippen molar-refractivity contribution >= 4 is 29.4 Å². The van der Waals surface area contributed by atoms with Crippen LogP contribution < -0.4 is 5.32 Å². The van der Waals surface area contributed by atoms with Crippen LogP contribution in [0.25, 0.3) is 0 Å². The molecule has 1 N–H and O–H groups in total. The number of hydrogen-bond acceptors (Lipinski definition) is 5. The fourth-order valence-electron chi connectivity index (χ4n) is 3.88. The molecular formula is C27H24N2O5. The van der Waals surface area contributed by atoms with E-state index in [1.54, 1.807) is 48.5 Å². The molecule has 3 aromatic carbocycles. The molecule has 1 atom stereocenters. The van der Waals surface area contributed by atoms with Crippen LogP contribution in [0.2, 0.25) is 0 Å². The van der Waals surface area contributed by atoms with E-state index in [4.69, 9.17) is 4.74 Å². The SMILES string of the molecule is Cc1cccc(C)c1NC(=O)C(C)OC(=O)c1cccc(CN2C(=O)c3ccccc3C2=O)c1. The van der Waals surface area contributed by atoms with Gasteiger partial charge in [0.05, 0.1) is 23.2 Å². The summed E-state index contributed by atoms with van der Waals surface area (Å²) in [6.45, 7) is 5.30. The Labute approximate surface area is 197 Å². The minimum absolute atomic E-state index is 0.0239. The first-order valence-corrected chi connectivity index (χ1v) is 10.9. The van der Waals surface area contributed by atoms with Gasteiger partial charge in [0, 0.05) is 5.69 Å². The van der Waals surface area contributed by atoms with Crippen molar-refractivity contribution in [3.8, 4) is 0 Å². The van der Waals surface area contributed by atoms with E-state index in [-0.39, 0.29) is 23.9 Å². The Balaban J connectivity index is 1.43. The van der Waals surface area contributed by atoms with Crippen molar-refractivity contribution in [3.63, 3.8) is 0 Å². The predicted molar refractivity (Wildman–Crippen MR) is 127 cm³/mol. The number of esters is 1. The van der Waals surface area contributed by atoms with Gasteiger partial charge in [0.15, 0.2) is 6.10 Å². The molecule has 1 aliphatic rings. The molecule has 0 fully saturated rings. The molecule has 0 aromatic heterocycles. The number of carbonyl (C=O) groups is 4. The van der Waals surface area contributed by atoms with Crippen molar-refractivity contribution < 1.29 is 23.9 Å². The van der Waals surface area contributed by atoms with E-state index in [0.29, 0.717) is 22.4 Å². The number of ether oxygens (including phenoxy) is 1. The van der Waals surface area contributed by atoms with Crippen LogP contribution in [0.5, 0.6) is 0 Å². The number of fused-ring (bicyclic) bond motifs is 1. The van der Waals surface area contributed by atoms with E-state index in [9.17, 15) is 19.2 Å². The first kappa shape index (κ1) is 22.9. The molecule has 1 unspecified atom stereocenters. The van der Waals surface area contributed by atoms with Gasteiger partial charge in [-0.2, -0.15) is 0 Å². The van der Waals surface area contributed by atoms with Crippen LogP contribution in [0.4, 0.5) is 5.69 Å². The van der Waals surface area contributed by atoms with E-state index in [2.05, 4.69) is 5.32 Å². The third-order valence-corrected chi connectivity index (χ3v) is 5.76. The van der Waals surface area contributed by atoms with E-state index in [1.165, 1.54) is 6.92 Å². The van der Waals surface area contributed by atoms with Gasteiger partial charge in [-0.1, -0.05) is 42.5 Å². The van der Waals surface area contributed by atoms with Gasteiger partial charge in [-0.25, -0.2) is 4.79 Å². The normalized spacial score (nSPS) is 13.4. The Bertz CT molecular complexity index is 1260.